The number of imidazole rings is 1. The van der Waals surface area contributed by atoms with Crippen molar-refractivity contribution < 1.29 is 0 Å². The van der Waals surface area contributed by atoms with Crippen LogP contribution in [-0.4, -0.2) is 60.1 Å². The number of aromatic nitrogens is 6. The van der Waals surface area contributed by atoms with Gasteiger partial charge in [-0.1, -0.05) is 44.2 Å². The van der Waals surface area contributed by atoms with Gasteiger partial charge < -0.3 is 9.47 Å². The average molecular weight is 489 g/mol. The van der Waals surface area contributed by atoms with Crippen molar-refractivity contribution in [1.29, 1.82) is 0 Å². The van der Waals surface area contributed by atoms with E-state index in [4.69, 9.17) is 4.98 Å². The molecule has 1 saturated heterocycles. The van der Waals surface area contributed by atoms with Crippen LogP contribution in [0, 0.1) is 5.92 Å². The van der Waals surface area contributed by atoms with E-state index in [1.807, 2.05) is 41.0 Å². The molecule has 0 radical (unpaired) electrons. The number of rotatable bonds is 8. The Hall–Kier alpha value is -3.79. The molecule has 3 aromatic heterocycles. The van der Waals surface area contributed by atoms with Crippen LogP contribution in [0.3, 0.4) is 0 Å². The first-order valence-electron chi connectivity index (χ1n) is 12.5. The summed E-state index contributed by atoms with van der Waals surface area (Å²) in [5.74, 6) is 2.03. The molecule has 0 amide bonds. The quantitative estimate of drug-likeness (QED) is 0.405. The molecule has 0 aliphatic carbocycles. The zero-order valence-corrected chi connectivity index (χ0v) is 20.8. The summed E-state index contributed by atoms with van der Waals surface area (Å²) in [5, 5.41) is 0. The molecule has 10 heteroatoms. The molecule has 4 heterocycles. The van der Waals surface area contributed by atoms with Gasteiger partial charge in [0, 0.05) is 45.1 Å². The number of piperazine rings is 1. The molecular weight excluding hydrogens is 456 g/mol. The van der Waals surface area contributed by atoms with Crippen LogP contribution < -0.4 is 16.1 Å². The molecule has 36 heavy (non-hydrogen) atoms. The van der Waals surface area contributed by atoms with E-state index in [2.05, 4.69) is 38.6 Å². The van der Waals surface area contributed by atoms with Crippen LogP contribution in [0.1, 0.15) is 31.7 Å². The fourth-order valence-electron chi connectivity index (χ4n) is 4.64. The predicted octanol–water partition coefficient (Wildman–Crippen LogP) is 2.09. The van der Waals surface area contributed by atoms with E-state index < -0.39 is 5.69 Å². The normalized spacial score (nSPS) is 14.7. The summed E-state index contributed by atoms with van der Waals surface area (Å²) < 4.78 is 3.59. The first kappa shape index (κ1) is 23.9. The fourth-order valence-corrected chi connectivity index (χ4v) is 4.64. The van der Waals surface area contributed by atoms with Crippen molar-refractivity contribution >= 4 is 17.1 Å². The van der Waals surface area contributed by atoms with Crippen LogP contribution in [0.25, 0.3) is 11.2 Å². The van der Waals surface area contributed by atoms with Crippen molar-refractivity contribution in [1.82, 2.24) is 34.0 Å². The first-order chi connectivity index (χ1) is 17.5. The van der Waals surface area contributed by atoms with E-state index in [-0.39, 0.29) is 5.56 Å². The third-order valence-corrected chi connectivity index (χ3v) is 6.65. The highest BCUT2D eigenvalue weighted by Gasteiger charge is 2.23. The fraction of sp³-hybridized carbons (Fsp3) is 0.423. The van der Waals surface area contributed by atoms with Crippen LogP contribution in [0.4, 0.5) is 5.95 Å². The molecule has 1 fully saturated rings. The van der Waals surface area contributed by atoms with Crippen LogP contribution >= 0.6 is 0 Å². The number of anilines is 1. The van der Waals surface area contributed by atoms with Gasteiger partial charge in [0.2, 0.25) is 5.95 Å². The van der Waals surface area contributed by atoms with Crippen molar-refractivity contribution in [2.24, 2.45) is 5.92 Å². The third-order valence-electron chi connectivity index (χ3n) is 6.65. The van der Waals surface area contributed by atoms with Crippen LogP contribution in [-0.2, 0) is 19.6 Å². The summed E-state index contributed by atoms with van der Waals surface area (Å²) in [5.41, 5.74) is 1.08. The molecule has 0 unspecified atom stereocenters. The molecule has 1 aromatic carbocycles. The van der Waals surface area contributed by atoms with Crippen molar-refractivity contribution in [2.75, 3.05) is 31.1 Å². The smallest absolute Gasteiger partial charge is 0.330 e. The molecular formula is C26H32N8O2. The summed E-state index contributed by atoms with van der Waals surface area (Å²) >= 11 is 0. The van der Waals surface area contributed by atoms with Gasteiger partial charge in [-0.25, -0.2) is 19.7 Å². The van der Waals surface area contributed by atoms with Gasteiger partial charge in [-0.15, -0.1) is 0 Å². The number of fused-ring (bicyclic) bond motifs is 1. The Kier molecular flexibility index (Phi) is 6.95. The summed E-state index contributed by atoms with van der Waals surface area (Å²) in [6.07, 6.45) is 4.44. The van der Waals surface area contributed by atoms with Crippen LogP contribution in [0.2, 0.25) is 0 Å². The van der Waals surface area contributed by atoms with Gasteiger partial charge in [-0.3, -0.25) is 19.2 Å². The molecule has 1 N–H and O–H groups in total. The maximum absolute atomic E-state index is 13.0. The highest BCUT2D eigenvalue weighted by Crippen LogP contribution is 2.18. The van der Waals surface area contributed by atoms with E-state index in [0.29, 0.717) is 36.7 Å². The van der Waals surface area contributed by atoms with Crippen molar-refractivity contribution in [3.63, 3.8) is 0 Å². The number of hydrogen-bond donors (Lipinski definition) is 1. The second-order valence-corrected chi connectivity index (χ2v) is 9.68. The molecule has 1 aliphatic heterocycles. The Balaban J connectivity index is 1.46. The molecule has 10 nitrogen and oxygen atoms in total. The largest absolute Gasteiger partial charge is 0.338 e. The molecule has 5 rings (SSSR count). The lowest BCUT2D eigenvalue weighted by molar-refractivity contribution is 0.239. The van der Waals surface area contributed by atoms with Gasteiger partial charge in [-0.2, -0.15) is 0 Å². The number of aryl methyl sites for hydroxylation is 1. The lowest BCUT2D eigenvalue weighted by Crippen LogP contribution is -2.46. The standard InChI is InChI=1S/C26H32N8O2/c1-19(2)9-12-33-21(18-31-13-15-32(16-14-31)25-27-10-6-11-28-25)29-23-22(33)24(35)30-26(36)34(23)17-20-7-4-3-5-8-20/h3-8,10-11,19H,9,12-18H2,1-2H3,(H,30,35,36). The van der Waals surface area contributed by atoms with Crippen LogP contribution in [0.15, 0.2) is 58.4 Å². The Bertz CT molecular complexity index is 1420. The van der Waals surface area contributed by atoms with Crippen LogP contribution in [0.5, 0.6) is 0 Å². The van der Waals surface area contributed by atoms with Gasteiger partial charge in [0.25, 0.3) is 5.56 Å². The average Bonchev–Trinajstić information content (AvgIpc) is 3.25. The summed E-state index contributed by atoms with van der Waals surface area (Å²) in [7, 11) is 0. The molecule has 1 aliphatic rings. The predicted molar refractivity (Wildman–Crippen MR) is 139 cm³/mol. The van der Waals surface area contributed by atoms with Gasteiger partial charge >= 0.3 is 5.69 Å². The van der Waals surface area contributed by atoms with Gasteiger partial charge in [0.1, 0.15) is 5.82 Å². The van der Waals surface area contributed by atoms with E-state index >= 15 is 0 Å². The van der Waals surface area contributed by atoms with E-state index in [0.717, 1.165) is 49.9 Å². The Morgan fingerprint density at radius 1 is 0.917 bits per heavy atom. The maximum Gasteiger partial charge on any atom is 0.330 e. The first-order valence-corrected chi connectivity index (χ1v) is 12.5. The van der Waals surface area contributed by atoms with Gasteiger partial charge in [0.05, 0.1) is 13.1 Å². The molecule has 0 bridgehead atoms. The zero-order chi connectivity index (χ0) is 25.1. The van der Waals surface area contributed by atoms with Gasteiger partial charge in [-0.05, 0) is 24.0 Å². The minimum atomic E-state index is -0.437. The Morgan fingerprint density at radius 3 is 2.33 bits per heavy atom. The molecule has 4 aromatic rings. The minimum Gasteiger partial charge on any atom is -0.338 e. The van der Waals surface area contributed by atoms with Crippen molar-refractivity contribution in [3.05, 3.63) is 81.0 Å². The zero-order valence-electron chi connectivity index (χ0n) is 20.8. The molecule has 188 valence electrons. The summed E-state index contributed by atoms with van der Waals surface area (Å²) in [6, 6.07) is 11.6. The lowest BCUT2D eigenvalue weighted by Gasteiger charge is -2.34. The number of aromatic amines is 1. The molecule has 0 saturated carbocycles. The van der Waals surface area contributed by atoms with Gasteiger partial charge in [0.15, 0.2) is 11.2 Å². The molecule has 0 spiro atoms. The summed E-state index contributed by atoms with van der Waals surface area (Å²) in [6.45, 7) is 9.26. The SMILES string of the molecule is CC(C)CCn1c(CN2CCN(c3ncccn3)CC2)nc2c1c(=O)[nH]c(=O)n2Cc1ccccc1. The second kappa shape index (κ2) is 10.4. The maximum atomic E-state index is 13.0. The Morgan fingerprint density at radius 2 is 1.64 bits per heavy atom. The highest BCUT2D eigenvalue weighted by molar-refractivity contribution is 5.71. The van der Waals surface area contributed by atoms with Crippen molar-refractivity contribution in [2.45, 2.75) is 39.9 Å². The number of hydrogen-bond acceptors (Lipinski definition) is 7. The number of benzene rings is 1. The van der Waals surface area contributed by atoms with E-state index in [1.54, 1.807) is 17.0 Å². The second-order valence-electron chi connectivity index (χ2n) is 9.68. The minimum absolute atomic E-state index is 0.351. The third kappa shape index (κ3) is 5.08. The highest BCUT2D eigenvalue weighted by atomic mass is 16.2. The monoisotopic (exact) mass is 488 g/mol. The summed E-state index contributed by atoms with van der Waals surface area (Å²) in [4.78, 5) is 46.5. The number of H-pyrrole nitrogens is 1. The Labute approximate surface area is 209 Å². The topological polar surface area (TPSA) is 105 Å². The molecule has 0 atom stereocenters. The van der Waals surface area contributed by atoms with E-state index in [9.17, 15) is 9.59 Å². The number of nitrogens with zero attached hydrogens (tertiary/aromatic N) is 7. The lowest BCUT2D eigenvalue weighted by atomic mass is 10.1. The number of nitrogens with one attached hydrogen (secondary N) is 1. The van der Waals surface area contributed by atoms with E-state index in [1.165, 1.54) is 0 Å². The van der Waals surface area contributed by atoms with Crippen molar-refractivity contribution in [3.8, 4) is 0 Å².